The lowest BCUT2D eigenvalue weighted by Gasteiger charge is -2.07. The molecule has 0 heterocycles. The van der Waals surface area contributed by atoms with Crippen molar-refractivity contribution in [2.45, 2.75) is 12.8 Å². The molecule has 0 aliphatic heterocycles. The van der Waals surface area contributed by atoms with E-state index in [1.54, 1.807) is 18.2 Å². The smallest absolute Gasteiger partial charge is 0.225 e. The summed E-state index contributed by atoms with van der Waals surface area (Å²) in [6.07, 6.45) is 5.80. The van der Waals surface area contributed by atoms with E-state index in [9.17, 15) is 4.79 Å². The number of anilines is 1. The Bertz CT molecular complexity index is 424. The quantitative estimate of drug-likeness (QED) is 0.818. The first-order valence-electron chi connectivity index (χ1n) is 4.74. The van der Waals surface area contributed by atoms with Crippen molar-refractivity contribution in [3.63, 3.8) is 0 Å². The van der Waals surface area contributed by atoms with Gasteiger partial charge in [-0.15, -0.1) is 12.3 Å². The number of hydrogen-bond acceptors (Lipinski definition) is 2. The summed E-state index contributed by atoms with van der Waals surface area (Å²) in [5, 5.41) is 3.15. The number of hydrogen-bond donors (Lipinski definition) is 1. The zero-order valence-corrected chi connectivity index (χ0v) is 9.67. The molecule has 4 heteroatoms. The standard InChI is InChI=1S/C12H12ClNO2/c1-3-4-5-12(15)14-9-6-7-11(16-2)10(13)8-9/h1,6-8H,4-5H2,2H3,(H,14,15). The molecule has 0 aliphatic rings. The fourth-order valence-electron chi connectivity index (χ4n) is 1.15. The van der Waals surface area contributed by atoms with Crippen molar-refractivity contribution in [2.24, 2.45) is 0 Å². The lowest BCUT2D eigenvalue weighted by molar-refractivity contribution is -0.116. The molecular weight excluding hydrogens is 226 g/mol. The normalized spacial score (nSPS) is 9.31. The molecule has 0 aromatic heterocycles. The second-order valence-corrected chi connectivity index (χ2v) is 3.51. The summed E-state index contributed by atoms with van der Waals surface area (Å²) in [6.45, 7) is 0. The molecule has 1 N–H and O–H groups in total. The predicted molar refractivity (Wildman–Crippen MR) is 64.7 cm³/mol. The number of amides is 1. The molecule has 0 bridgehead atoms. The molecule has 0 aliphatic carbocycles. The number of nitrogens with one attached hydrogen (secondary N) is 1. The summed E-state index contributed by atoms with van der Waals surface area (Å²) < 4.78 is 5.00. The average Bonchev–Trinajstić information content (AvgIpc) is 2.26. The van der Waals surface area contributed by atoms with Crippen LogP contribution in [0.1, 0.15) is 12.8 Å². The third-order valence-electron chi connectivity index (χ3n) is 1.93. The fourth-order valence-corrected chi connectivity index (χ4v) is 1.41. The largest absolute Gasteiger partial charge is 0.495 e. The van der Waals surface area contributed by atoms with E-state index in [1.807, 2.05) is 0 Å². The van der Waals surface area contributed by atoms with E-state index in [4.69, 9.17) is 22.8 Å². The maximum absolute atomic E-state index is 11.4. The van der Waals surface area contributed by atoms with Crippen LogP contribution in [0.4, 0.5) is 5.69 Å². The number of benzene rings is 1. The number of carbonyl (C=O) groups is 1. The number of rotatable bonds is 4. The molecule has 0 atom stereocenters. The van der Waals surface area contributed by atoms with Gasteiger partial charge in [-0.2, -0.15) is 0 Å². The zero-order chi connectivity index (χ0) is 12.0. The molecule has 16 heavy (non-hydrogen) atoms. The Balaban J connectivity index is 2.65. The number of terminal acetylenes is 1. The monoisotopic (exact) mass is 237 g/mol. The fraction of sp³-hybridized carbons (Fsp3) is 0.250. The highest BCUT2D eigenvalue weighted by Gasteiger charge is 2.04. The van der Waals surface area contributed by atoms with Crippen LogP contribution < -0.4 is 10.1 Å². The molecular formula is C12H12ClNO2. The van der Waals surface area contributed by atoms with Gasteiger partial charge in [-0.05, 0) is 18.2 Å². The van der Waals surface area contributed by atoms with Gasteiger partial charge in [0.2, 0.25) is 5.91 Å². The number of methoxy groups -OCH3 is 1. The molecule has 1 amide bonds. The highest BCUT2D eigenvalue weighted by Crippen LogP contribution is 2.27. The first-order chi connectivity index (χ1) is 7.67. The van der Waals surface area contributed by atoms with Gasteiger partial charge in [0, 0.05) is 18.5 Å². The van der Waals surface area contributed by atoms with Crippen LogP contribution in [0.25, 0.3) is 0 Å². The Labute approximate surface area is 99.7 Å². The van der Waals surface area contributed by atoms with E-state index in [1.165, 1.54) is 7.11 Å². The predicted octanol–water partition coefficient (Wildman–Crippen LogP) is 2.70. The van der Waals surface area contributed by atoms with Crippen LogP contribution in [0.15, 0.2) is 18.2 Å². The highest BCUT2D eigenvalue weighted by atomic mass is 35.5. The van der Waals surface area contributed by atoms with Gasteiger partial charge in [-0.1, -0.05) is 11.6 Å². The van der Waals surface area contributed by atoms with Gasteiger partial charge in [0.25, 0.3) is 0 Å². The van der Waals surface area contributed by atoms with Gasteiger partial charge in [-0.3, -0.25) is 4.79 Å². The minimum Gasteiger partial charge on any atom is -0.495 e. The maximum Gasteiger partial charge on any atom is 0.225 e. The third kappa shape index (κ3) is 3.48. The van der Waals surface area contributed by atoms with E-state index in [-0.39, 0.29) is 5.91 Å². The molecule has 0 unspecified atom stereocenters. The SMILES string of the molecule is C#CCCC(=O)Nc1ccc(OC)c(Cl)c1. The minimum absolute atomic E-state index is 0.126. The van der Waals surface area contributed by atoms with Crippen molar-refractivity contribution in [2.75, 3.05) is 12.4 Å². The Morgan fingerprint density at radius 1 is 1.62 bits per heavy atom. The molecule has 0 fully saturated rings. The first-order valence-corrected chi connectivity index (χ1v) is 5.12. The lowest BCUT2D eigenvalue weighted by Crippen LogP contribution is -2.10. The molecule has 1 aromatic carbocycles. The number of ether oxygens (including phenoxy) is 1. The molecule has 1 aromatic rings. The van der Waals surface area contributed by atoms with E-state index in [2.05, 4.69) is 11.2 Å². The van der Waals surface area contributed by atoms with Crippen molar-refractivity contribution in [1.82, 2.24) is 0 Å². The van der Waals surface area contributed by atoms with Crippen LogP contribution in [-0.2, 0) is 4.79 Å². The summed E-state index contributed by atoms with van der Waals surface area (Å²) in [7, 11) is 1.53. The van der Waals surface area contributed by atoms with Gasteiger partial charge in [0.05, 0.1) is 12.1 Å². The summed E-state index contributed by atoms with van der Waals surface area (Å²) in [4.78, 5) is 11.4. The molecule has 0 spiro atoms. The second kappa shape index (κ2) is 6.04. The van der Waals surface area contributed by atoms with Gasteiger partial charge in [0.15, 0.2) is 0 Å². The molecule has 0 saturated heterocycles. The Kier molecular flexibility index (Phi) is 4.68. The van der Waals surface area contributed by atoms with Crippen molar-refractivity contribution in [3.05, 3.63) is 23.2 Å². The lowest BCUT2D eigenvalue weighted by atomic mass is 10.2. The van der Waals surface area contributed by atoms with Crippen molar-refractivity contribution >= 4 is 23.2 Å². The van der Waals surface area contributed by atoms with Gasteiger partial charge in [-0.25, -0.2) is 0 Å². The second-order valence-electron chi connectivity index (χ2n) is 3.10. The third-order valence-corrected chi connectivity index (χ3v) is 2.23. The summed E-state index contributed by atoms with van der Waals surface area (Å²) in [5.74, 6) is 2.85. The van der Waals surface area contributed by atoms with Crippen molar-refractivity contribution in [3.8, 4) is 18.1 Å². The molecule has 0 saturated carbocycles. The van der Waals surface area contributed by atoms with Gasteiger partial charge < -0.3 is 10.1 Å². The molecule has 0 radical (unpaired) electrons. The van der Waals surface area contributed by atoms with E-state index in [0.717, 1.165) is 0 Å². The van der Waals surface area contributed by atoms with Crippen LogP contribution in [0.3, 0.4) is 0 Å². The first kappa shape index (κ1) is 12.4. The molecule has 84 valence electrons. The maximum atomic E-state index is 11.4. The van der Waals surface area contributed by atoms with E-state index < -0.39 is 0 Å². The minimum atomic E-state index is -0.126. The summed E-state index contributed by atoms with van der Waals surface area (Å²) >= 11 is 5.91. The van der Waals surface area contributed by atoms with Crippen LogP contribution in [-0.4, -0.2) is 13.0 Å². The Hall–Kier alpha value is -1.66. The van der Waals surface area contributed by atoms with Crippen molar-refractivity contribution in [1.29, 1.82) is 0 Å². The topological polar surface area (TPSA) is 38.3 Å². The zero-order valence-electron chi connectivity index (χ0n) is 8.92. The Morgan fingerprint density at radius 2 is 2.38 bits per heavy atom. The van der Waals surface area contributed by atoms with Crippen LogP contribution >= 0.6 is 11.6 Å². The molecule has 1 rings (SSSR count). The number of carbonyl (C=O) groups excluding carboxylic acids is 1. The summed E-state index contributed by atoms with van der Waals surface area (Å²) in [6, 6.07) is 5.05. The van der Waals surface area contributed by atoms with Crippen LogP contribution in [0, 0.1) is 12.3 Å². The van der Waals surface area contributed by atoms with Gasteiger partial charge >= 0.3 is 0 Å². The summed E-state index contributed by atoms with van der Waals surface area (Å²) in [5.41, 5.74) is 0.632. The van der Waals surface area contributed by atoms with Crippen LogP contribution in [0.2, 0.25) is 5.02 Å². The van der Waals surface area contributed by atoms with Crippen molar-refractivity contribution < 1.29 is 9.53 Å². The van der Waals surface area contributed by atoms with E-state index in [0.29, 0.717) is 29.3 Å². The number of halogens is 1. The van der Waals surface area contributed by atoms with E-state index >= 15 is 0 Å². The highest BCUT2D eigenvalue weighted by molar-refractivity contribution is 6.32. The van der Waals surface area contributed by atoms with Crippen LogP contribution in [0.5, 0.6) is 5.75 Å². The molecule has 3 nitrogen and oxygen atoms in total. The average molecular weight is 238 g/mol. The van der Waals surface area contributed by atoms with Gasteiger partial charge in [0.1, 0.15) is 5.75 Å². The Morgan fingerprint density at radius 3 is 2.94 bits per heavy atom.